The highest BCUT2D eigenvalue weighted by Crippen LogP contribution is 2.38. The lowest BCUT2D eigenvalue weighted by molar-refractivity contribution is 0.263. The highest BCUT2D eigenvalue weighted by atomic mass is 35.5. The molecule has 2 fully saturated rings. The summed E-state index contributed by atoms with van der Waals surface area (Å²) in [6.07, 6.45) is 6.15. The highest BCUT2D eigenvalue weighted by molar-refractivity contribution is 6.74. The third-order valence-electron chi connectivity index (χ3n) is 7.47. The molecule has 0 aromatic carbocycles. The largest absolute Gasteiger partial charge is 0.415 e. The molecule has 2 aromatic rings. The van der Waals surface area contributed by atoms with Crippen LogP contribution in [-0.4, -0.2) is 47.3 Å². The number of fused-ring (bicyclic) bond motifs is 1. The van der Waals surface area contributed by atoms with E-state index in [1.54, 1.807) is 0 Å². The van der Waals surface area contributed by atoms with Crippen LogP contribution in [0.25, 0.3) is 11.0 Å². The predicted octanol–water partition coefficient (Wildman–Crippen LogP) is 5.58. The van der Waals surface area contributed by atoms with Crippen LogP contribution in [0, 0.1) is 12.8 Å². The van der Waals surface area contributed by atoms with Gasteiger partial charge in [0.15, 0.2) is 14.0 Å². The Morgan fingerprint density at radius 2 is 1.87 bits per heavy atom. The van der Waals surface area contributed by atoms with E-state index in [2.05, 4.69) is 55.4 Å². The van der Waals surface area contributed by atoms with E-state index in [-0.39, 0.29) is 5.04 Å². The van der Waals surface area contributed by atoms with Crippen molar-refractivity contribution in [2.24, 2.45) is 5.92 Å². The minimum atomic E-state index is -1.79. The maximum absolute atomic E-state index is 6.58. The summed E-state index contributed by atoms with van der Waals surface area (Å²) in [4.78, 5) is 11.7. The number of aromatic nitrogens is 4. The van der Waals surface area contributed by atoms with E-state index in [0.29, 0.717) is 17.2 Å². The second kappa shape index (κ2) is 8.06. The van der Waals surface area contributed by atoms with Gasteiger partial charge in [0.1, 0.15) is 5.82 Å². The van der Waals surface area contributed by atoms with Crippen molar-refractivity contribution in [1.82, 2.24) is 19.7 Å². The first-order valence-corrected chi connectivity index (χ1v) is 14.7. The molecule has 0 N–H and O–H groups in total. The van der Waals surface area contributed by atoms with E-state index in [1.165, 1.54) is 19.3 Å². The molecule has 3 heterocycles. The van der Waals surface area contributed by atoms with Gasteiger partial charge in [-0.15, -0.1) is 0 Å². The van der Waals surface area contributed by atoms with Crippen LogP contribution in [0.4, 0.5) is 5.82 Å². The van der Waals surface area contributed by atoms with Crippen molar-refractivity contribution in [3.8, 4) is 0 Å². The number of hydrogen-bond donors (Lipinski definition) is 0. The molecule has 1 aliphatic heterocycles. The monoisotopic (exact) mass is 449 g/mol. The van der Waals surface area contributed by atoms with Crippen LogP contribution in [0.2, 0.25) is 23.4 Å². The van der Waals surface area contributed by atoms with Gasteiger partial charge in [0.25, 0.3) is 0 Å². The summed E-state index contributed by atoms with van der Waals surface area (Å²) in [6.45, 7) is 16.2. The molecular weight excluding hydrogens is 414 g/mol. The van der Waals surface area contributed by atoms with Crippen LogP contribution < -0.4 is 4.90 Å². The summed E-state index contributed by atoms with van der Waals surface area (Å²) < 4.78 is 8.64. The number of anilines is 1. The van der Waals surface area contributed by atoms with E-state index < -0.39 is 8.32 Å². The summed E-state index contributed by atoms with van der Waals surface area (Å²) in [7, 11) is -1.79. The Morgan fingerprint density at radius 1 is 1.13 bits per heavy atom. The fourth-order valence-electron chi connectivity index (χ4n) is 4.26. The number of aryl methyl sites for hydroxylation is 1. The van der Waals surface area contributed by atoms with Gasteiger partial charge < -0.3 is 9.33 Å². The number of rotatable bonds is 6. The number of hydrogen-bond acceptors (Lipinski definition) is 5. The first kappa shape index (κ1) is 22.0. The Balaban J connectivity index is 1.63. The maximum Gasteiger partial charge on any atom is 0.226 e. The molecule has 0 spiro atoms. The molecule has 4 rings (SSSR count). The van der Waals surface area contributed by atoms with Crippen LogP contribution in [0.15, 0.2) is 0 Å². The van der Waals surface area contributed by atoms with E-state index in [1.807, 2.05) is 0 Å². The smallest absolute Gasteiger partial charge is 0.226 e. The zero-order valence-electron chi connectivity index (χ0n) is 19.3. The Labute approximate surface area is 186 Å². The molecular formula is C22H36ClN5OSi. The first-order chi connectivity index (χ1) is 14.1. The quantitative estimate of drug-likeness (QED) is 0.425. The lowest BCUT2D eigenvalue weighted by Gasteiger charge is -2.38. The van der Waals surface area contributed by atoms with Gasteiger partial charge in [0.2, 0.25) is 5.28 Å². The molecule has 166 valence electrons. The van der Waals surface area contributed by atoms with Gasteiger partial charge >= 0.3 is 0 Å². The van der Waals surface area contributed by atoms with Gasteiger partial charge in [-0.2, -0.15) is 15.1 Å². The Hall–Kier alpha value is -1.18. The Morgan fingerprint density at radius 3 is 2.50 bits per heavy atom. The van der Waals surface area contributed by atoms with Gasteiger partial charge in [0, 0.05) is 13.1 Å². The lowest BCUT2D eigenvalue weighted by Crippen LogP contribution is -2.45. The zero-order valence-corrected chi connectivity index (χ0v) is 21.1. The van der Waals surface area contributed by atoms with E-state index in [9.17, 15) is 0 Å². The van der Waals surface area contributed by atoms with Gasteiger partial charge in [0.05, 0.1) is 23.7 Å². The topological polar surface area (TPSA) is 56.1 Å². The Kier molecular flexibility index (Phi) is 5.92. The molecule has 1 aliphatic carbocycles. The molecule has 1 saturated carbocycles. The molecule has 0 bridgehead atoms. The van der Waals surface area contributed by atoms with Gasteiger partial charge in [-0.3, -0.25) is 0 Å². The average Bonchev–Trinajstić information content (AvgIpc) is 3.19. The van der Waals surface area contributed by atoms with Crippen LogP contribution in [0.1, 0.15) is 58.6 Å². The van der Waals surface area contributed by atoms with Crippen molar-refractivity contribution in [3.63, 3.8) is 0 Å². The zero-order chi connectivity index (χ0) is 21.7. The molecule has 2 aliphatic rings. The fraction of sp³-hybridized carbons (Fsp3) is 0.773. The molecule has 2 aromatic heterocycles. The molecule has 30 heavy (non-hydrogen) atoms. The van der Waals surface area contributed by atoms with Crippen molar-refractivity contribution in [3.05, 3.63) is 11.0 Å². The minimum Gasteiger partial charge on any atom is -0.415 e. The van der Waals surface area contributed by atoms with Crippen molar-refractivity contribution in [2.75, 3.05) is 18.1 Å². The van der Waals surface area contributed by atoms with Crippen molar-refractivity contribution in [2.45, 2.75) is 90.5 Å². The van der Waals surface area contributed by atoms with Crippen LogP contribution in [0.5, 0.6) is 0 Å². The van der Waals surface area contributed by atoms with Crippen LogP contribution in [0.3, 0.4) is 0 Å². The maximum atomic E-state index is 6.58. The summed E-state index contributed by atoms with van der Waals surface area (Å²) in [5.41, 5.74) is 1.87. The molecule has 0 radical (unpaired) electrons. The summed E-state index contributed by atoms with van der Waals surface area (Å²) >= 11 is 6.41. The summed E-state index contributed by atoms with van der Waals surface area (Å²) in [5.74, 6) is 1.64. The van der Waals surface area contributed by atoms with Crippen LogP contribution >= 0.6 is 11.6 Å². The number of halogens is 1. The lowest BCUT2D eigenvalue weighted by atomic mass is 9.85. The second-order valence-electron chi connectivity index (χ2n) is 10.6. The summed E-state index contributed by atoms with van der Waals surface area (Å²) in [5, 5.41) is 6.40. The highest BCUT2D eigenvalue weighted by Gasteiger charge is 2.39. The first-order valence-electron chi connectivity index (χ1n) is 11.4. The van der Waals surface area contributed by atoms with Crippen molar-refractivity contribution >= 4 is 36.8 Å². The fourth-order valence-corrected chi connectivity index (χ4v) is 5.47. The van der Waals surface area contributed by atoms with E-state index in [0.717, 1.165) is 55.1 Å². The SMILES string of the molecule is Cc1nn(CC2CCC2)c2nc(Cl)nc(N3CCC[C@H]3CO[Si](C)(C)C(C)(C)C)c12. The summed E-state index contributed by atoms with van der Waals surface area (Å²) in [6, 6.07) is 0.322. The molecule has 6 nitrogen and oxygen atoms in total. The van der Waals surface area contributed by atoms with Crippen LogP contribution in [-0.2, 0) is 11.0 Å². The Bertz CT molecular complexity index is 918. The number of nitrogens with zero attached hydrogens (tertiary/aromatic N) is 5. The third-order valence-corrected chi connectivity index (χ3v) is 12.1. The van der Waals surface area contributed by atoms with Gasteiger partial charge in [-0.05, 0) is 68.3 Å². The van der Waals surface area contributed by atoms with E-state index >= 15 is 0 Å². The van der Waals surface area contributed by atoms with Crippen molar-refractivity contribution < 1.29 is 4.43 Å². The van der Waals surface area contributed by atoms with Gasteiger partial charge in [-0.25, -0.2) is 4.68 Å². The predicted molar refractivity (Wildman–Crippen MR) is 126 cm³/mol. The van der Waals surface area contributed by atoms with Crippen molar-refractivity contribution in [1.29, 1.82) is 0 Å². The van der Waals surface area contributed by atoms with Gasteiger partial charge in [-0.1, -0.05) is 27.2 Å². The van der Waals surface area contributed by atoms with E-state index in [4.69, 9.17) is 26.1 Å². The molecule has 0 unspecified atom stereocenters. The minimum absolute atomic E-state index is 0.210. The average molecular weight is 450 g/mol. The molecule has 0 amide bonds. The second-order valence-corrected chi connectivity index (χ2v) is 15.8. The third kappa shape index (κ3) is 4.13. The molecule has 1 saturated heterocycles. The molecule has 1 atom stereocenters. The standard InChI is InChI=1S/C22H36ClN5OSi/c1-15-18-19(24-21(23)25-20(18)28(26-15)13-16-9-7-10-16)27-12-8-11-17(27)14-29-30(5,6)22(2,3)4/h16-17H,7-14H2,1-6H3/t17-/m0/s1. The normalized spacial score (nSPS) is 20.9. The molecule has 8 heteroatoms.